The minimum atomic E-state index is -0.230. The molecule has 4 heterocycles. The summed E-state index contributed by atoms with van der Waals surface area (Å²) in [5.74, 6) is -0.230. The zero-order valence-corrected chi connectivity index (χ0v) is 20.6. The normalized spacial score (nSPS) is 15.6. The molecule has 10 nitrogen and oxygen atoms in total. The largest absolute Gasteiger partial charge is 0.388 e. The molecule has 35 heavy (non-hydrogen) atoms. The van der Waals surface area contributed by atoms with Crippen LogP contribution in [0.2, 0.25) is 5.02 Å². The summed E-state index contributed by atoms with van der Waals surface area (Å²) in [6, 6.07) is 5.23. The van der Waals surface area contributed by atoms with E-state index in [9.17, 15) is 9.59 Å². The highest BCUT2D eigenvalue weighted by Gasteiger charge is 2.48. The summed E-state index contributed by atoms with van der Waals surface area (Å²) in [6.45, 7) is 7.32. The third-order valence-electron chi connectivity index (χ3n) is 5.86. The molecule has 1 spiro atoms. The van der Waals surface area contributed by atoms with Crippen molar-refractivity contribution in [3.05, 3.63) is 52.4 Å². The van der Waals surface area contributed by atoms with E-state index in [0.717, 1.165) is 38.4 Å². The number of carbonyl (C=O) groups is 2. The minimum Gasteiger partial charge on any atom is -0.388 e. The average molecular weight is 498 g/mol. The van der Waals surface area contributed by atoms with Gasteiger partial charge in [0.25, 0.3) is 5.91 Å². The monoisotopic (exact) mass is 497 g/mol. The van der Waals surface area contributed by atoms with Gasteiger partial charge < -0.3 is 25.3 Å². The fourth-order valence-corrected chi connectivity index (χ4v) is 4.24. The highest BCUT2D eigenvalue weighted by molar-refractivity contribution is 6.31. The SMILES string of the molecule is CNc1cc(Cl)ccc1C(=N)c1cnc2[nH]cc(C(=O)NC(C)C)c2n1.O=CN1CC2(COC2)C1. The molecule has 2 aliphatic heterocycles. The Morgan fingerprint density at radius 1 is 1.31 bits per heavy atom. The second kappa shape index (κ2) is 10.0. The van der Waals surface area contributed by atoms with Crippen LogP contribution in [0.25, 0.3) is 11.2 Å². The molecule has 2 aromatic heterocycles. The highest BCUT2D eigenvalue weighted by Crippen LogP contribution is 2.36. The van der Waals surface area contributed by atoms with Gasteiger partial charge in [-0.3, -0.25) is 15.0 Å². The number of nitrogens with one attached hydrogen (secondary N) is 4. The highest BCUT2D eigenvalue weighted by atomic mass is 35.5. The van der Waals surface area contributed by atoms with Crippen LogP contribution in [0.4, 0.5) is 5.69 Å². The number of halogens is 1. The summed E-state index contributed by atoms with van der Waals surface area (Å²) in [5, 5.41) is 14.9. The van der Waals surface area contributed by atoms with Crippen LogP contribution < -0.4 is 10.6 Å². The summed E-state index contributed by atoms with van der Waals surface area (Å²) in [4.78, 5) is 36.0. The smallest absolute Gasteiger partial charge is 0.255 e. The summed E-state index contributed by atoms with van der Waals surface area (Å²) in [7, 11) is 1.76. The molecule has 0 bridgehead atoms. The Labute approximate surface area is 207 Å². The van der Waals surface area contributed by atoms with Gasteiger partial charge in [0, 0.05) is 48.6 Å². The number of benzene rings is 1. The predicted molar refractivity (Wildman–Crippen MR) is 134 cm³/mol. The van der Waals surface area contributed by atoms with E-state index in [1.807, 2.05) is 13.8 Å². The lowest BCUT2D eigenvalue weighted by molar-refractivity contribution is -0.188. The van der Waals surface area contributed by atoms with Gasteiger partial charge >= 0.3 is 0 Å². The van der Waals surface area contributed by atoms with Crippen molar-refractivity contribution in [3.63, 3.8) is 0 Å². The summed E-state index contributed by atoms with van der Waals surface area (Å²) in [6.07, 6.45) is 4.00. The number of nitrogens with zero attached hydrogens (tertiary/aromatic N) is 3. The Morgan fingerprint density at radius 3 is 2.66 bits per heavy atom. The lowest BCUT2D eigenvalue weighted by Gasteiger charge is -2.53. The van der Waals surface area contributed by atoms with Crippen molar-refractivity contribution in [1.29, 1.82) is 5.41 Å². The number of aromatic amines is 1. The van der Waals surface area contributed by atoms with Crippen LogP contribution in [0.15, 0.2) is 30.6 Å². The van der Waals surface area contributed by atoms with E-state index in [2.05, 4.69) is 25.6 Å². The molecule has 2 fully saturated rings. The first-order valence-electron chi connectivity index (χ1n) is 11.2. The Bertz CT molecular complexity index is 1260. The number of ether oxygens (including phenoxy) is 1. The quantitative estimate of drug-likeness (QED) is 0.305. The Morgan fingerprint density at radius 2 is 2.06 bits per heavy atom. The molecule has 2 aliphatic rings. The molecule has 184 valence electrons. The third-order valence-corrected chi connectivity index (χ3v) is 6.10. The van der Waals surface area contributed by atoms with E-state index in [1.165, 1.54) is 6.20 Å². The number of fused-ring (bicyclic) bond motifs is 1. The van der Waals surface area contributed by atoms with E-state index in [-0.39, 0.29) is 17.7 Å². The van der Waals surface area contributed by atoms with E-state index < -0.39 is 0 Å². The minimum absolute atomic E-state index is 0.00847. The summed E-state index contributed by atoms with van der Waals surface area (Å²) < 4.78 is 5.03. The Hall–Kier alpha value is -3.50. The summed E-state index contributed by atoms with van der Waals surface area (Å²) in [5.41, 5.74) is 3.66. The molecule has 0 radical (unpaired) electrons. The second-order valence-electron chi connectivity index (χ2n) is 9.10. The fourth-order valence-electron chi connectivity index (χ4n) is 4.07. The van der Waals surface area contributed by atoms with Crippen molar-refractivity contribution in [1.82, 2.24) is 25.2 Å². The molecule has 0 atom stereocenters. The first-order chi connectivity index (χ1) is 16.7. The van der Waals surface area contributed by atoms with E-state index in [1.54, 1.807) is 36.3 Å². The molecular weight excluding hydrogens is 470 g/mol. The van der Waals surface area contributed by atoms with Crippen LogP contribution in [0.3, 0.4) is 0 Å². The van der Waals surface area contributed by atoms with Gasteiger partial charge in [-0.1, -0.05) is 11.6 Å². The van der Waals surface area contributed by atoms with Crippen molar-refractivity contribution in [2.45, 2.75) is 19.9 Å². The van der Waals surface area contributed by atoms with Gasteiger partial charge in [0.15, 0.2) is 5.65 Å². The van der Waals surface area contributed by atoms with Crippen molar-refractivity contribution >= 4 is 46.5 Å². The number of carbonyl (C=O) groups excluding carboxylic acids is 2. The van der Waals surface area contributed by atoms with Gasteiger partial charge in [-0.15, -0.1) is 0 Å². The molecule has 0 unspecified atom stereocenters. The second-order valence-corrected chi connectivity index (χ2v) is 9.54. The first kappa shape index (κ1) is 24.6. The van der Waals surface area contributed by atoms with Gasteiger partial charge in [-0.2, -0.15) is 0 Å². The van der Waals surface area contributed by atoms with Crippen LogP contribution in [0.5, 0.6) is 0 Å². The van der Waals surface area contributed by atoms with Crippen LogP contribution in [0.1, 0.15) is 35.5 Å². The summed E-state index contributed by atoms with van der Waals surface area (Å²) >= 11 is 6.02. The van der Waals surface area contributed by atoms with E-state index in [0.29, 0.717) is 38.4 Å². The zero-order valence-electron chi connectivity index (χ0n) is 19.8. The molecule has 1 aromatic carbocycles. The molecule has 2 saturated heterocycles. The number of aromatic nitrogens is 3. The number of hydrogen-bond acceptors (Lipinski definition) is 7. The molecule has 0 saturated carbocycles. The Balaban J connectivity index is 0.000000266. The molecule has 0 aliphatic carbocycles. The lowest BCUT2D eigenvalue weighted by Crippen LogP contribution is -2.65. The number of likely N-dealkylation sites (tertiary alicyclic amines) is 1. The van der Waals surface area contributed by atoms with Crippen molar-refractivity contribution in [3.8, 4) is 0 Å². The molecular formula is C24H28ClN7O3. The maximum atomic E-state index is 12.3. The van der Waals surface area contributed by atoms with Gasteiger partial charge in [0.05, 0.1) is 36.1 Å². The first-order valence-corrected chi connectivity index (χ1v) is 11.6. The number of H-pyrrole nitrogens is 1. The number of amides is 2. The van der Waals surface area contributed by atoms with Crippen LogP contribution in [-0.2, 0) is 9.53 Å². The third kappa shape index (κ3) is 5.13. The van der Waals surface area contributed by atoms with Crippen molar-refractivity contribution in [2.24, 2.45) is 5.41 Å². The standard InChI is InChI=1S/C18H19ClN6O.C6H9NO2/c1-9(2)24-18(26)12-7-22-17-16(12)25-14(8-23-17)15(20)11-5-4-10(19)6-13(11)21-3;8-5-7-1-6(2-7)3-9-4-6/h4-9,20-21H,1-3H3,(H,22,23)(H,24,26);5H,1-4H2. The number of rotatable bonds is 6. The van der Waals surface area contributed by atoms with Crippen molar-refractivity contribution < 1.29 is 14.3 Å². The van der Waals surface area contributed by atoms with Gasteiger partial charge in [-0.05, 0) is 32.0 Å². The van der Waals surface area contributed by atoms with E-state index in [4.69, 9.17) is 21.7 Å². The number of hydrogen-bond donors (Lipinski definition) is 4. The zero-order chi connectivity index (χ0) is 25.2. The molecule has 3 aromatic rings. The van der Waals surface area contributed by atoms with Gasteiger partial charge in [0.1, 0.15) is 11.2 Å². The van der Waals surface area contributed by atoms with Crippen LogP contribution >= 0.6 is 11.6 Å². The van der Waals surface area contributed by atoms with Crippen LogP contribution in [-0.4, -0.2) is 77.3 Å². The van der Waals surface area contributed by atoms with Crippen molar-refractivity contribution in [2.75, 3.05) is 38.7 Å². The molecule has 2 amide bonds. The maximum absolute atomic E-state index is 12.3. The average Bonchev–Trinajstić information content (AvgIpc) is 3.20. The molecule has 5 rings (SSSR count). The Kier molecular flexibility index (Phi) is 7.04. The van der Waals surface area contributed by atoms with Crippen LogP contribution in [0, 0.1) is 10.8 Å². The predicted octanol–water partition coefficient (Wildman–Crippen LogP) is 2.68. The lowest BCUT2D eigenvalue weighted by atomic mass is 9.78. The molecule has 4 N–H and O–H groups in total. The molecule has 11 heteroatoms. The fraction of sp³-hybridized carbons (Fsp3) is 0.375. The van der Waals surface area contributed by atoms with E-state index >= 15 is 0 Å². The topological polar surface area (TPSA) is 136 Å². The van der Waals surface area contributed by atoms with Gasteiger partial charge in [-0.25, -0.2) is 9.97 Å². The number of anilines is 1. The maximum Gasteiger partial charge on any atom is 0.255 e. The van der Waals surface area contributed by atoms with Gasteiger partial charge in [0.2, 0.25) is 6.41 Å².